The van der Waals surface area contributed by atoms with Gasteiger partial charge in [-0.05, 0) is 31.0 Å². The molecule has 0 aliphatic rings. The van der Waals surface area contributed by atoms with E-state index in [1.165, 1.54) is 16.4 Å². The molecule has 0 spiro atoms. The lowest BCUT2D eigenvalue weighted by Crippen LogP contribution is -2.33. The van der Waals surface area contributed by atoms with Crippen molar-refractivity contribution < 1.29 is 17.9 Å². The first-order chi connectivity index (χ1) is 11.0. The van der Waals surface area contributed by atoms with Gasteiger partial charge in [0.05, 0.1) is 11.5 Å². The number of rotatable bonds is 10. The maximum atomic E-state index is 12.7. The van der Waals surface area contributed by atoms with E-state index in [-0.39, 0.29) is 10.8 Å². The number of carbonyl (C=O) groups is 1. The van der Waals surface area contributed by atoms with Crippen molar-refractivity contribution in [2.45, 2.75) is 31.6 Å². The summed E-state index contributed by atoms with van der Waals surface area (Å²) in [5.74, 6) is -0.309. The number of hydrogen-bond donors (Lipinski definition) is 1. The molecule has 0 radical (unpaired) electrons. The third-order valence-corrected chi connectivity index (χ3v) is 5.17. The first kappa shape index (κ1) is 19.6. The van der Waals surface area contributed by atoms with Gasteiger partial charge in [-0.15, -0.1) is 0 Å². The van der Waals surface area contributed by atoms with Crippen LogP contribution in [-0.2, 0) is 14.8 Å². The van der Waals surface area contributed by atoms with Crippen molar-refractivity contribution in [1.82, 2.24) is 9.62 Å². The molecule has 1 aromatic rings. The predicted octanol–water partition coefficient (Wildman–Crippen LogP) is 1.87. The Bertz CT molecular complexity index is 596. The second-order valence-corrected chi connectivity index (χ2v) is 7.12. The zero-order chi connectivity index (χ0) is 17.3. The zero-order valence-electron chi connectivity index (χ0n) is 14.0. The quantitative estimate of drug-likeness (QED) is 0.659. The maximum absolute atomic E-state index is 12.7. The lowest BCUT2D eigenvalue weighted by molar-refractivity contribution is 0.0937. The van der Waals surface area contributed by atoms with Crippen LogP contribution in [0.5, 0.6) is 0 Å². The summed E-state index contributed by atoms with van der Waals surface area (Å²) >= 11 is 0. The number of carbonyl (C=O) groups excluding carboxylic acids is 1. The molecule has 0 saturated carbocycles. The predicted molar refractivity (Wildman–Crippen MR) is 90.0 cm³/mol. The summed E-state index contributed by atoms with van der Waals surface area (Å²) in [6.45, 7) is 5.62. The average molecular weight is 342 g/mol. The molecule has 1 N–H and O–H groups in total. The largest absolute Gasteiger partial charge is 0.383 e. The molecule has 0 heterocycles. The van der Waals surface area contributed by atoms with E-state index in [4.69, 9.17) is 4.74 Å². The van der Waals surface area contributed by atoms with Crippen LogP contribution in [0.4, 0.5) is 0 Å². The molecule has 0 aromatic heterocycles. The Hall–Kier alpha value is -1.44. The highest BCUT2D eigenvalue weighted by Gasteiger charge is 2.23. The van der Waals surface area contributed by atoms with E-state index in [0.717, 1.165) is 12.8 Å². The van der Waals surface area contributed by atoms with Crippen LogP contribution in [0.15, 0.2) is 29.2 Å². The summed E-state index contributed by atoms with van der Waals surface area (Å²) in [6, 6.07) is 6.15. The summed E-state index contributed by atoms with van der Waals surface area (Å²) in [5.41, 5.74) is 0.329. The number of nitrogens with zero attached hydrogens (tertiary/aromatic N) is 1. The number of methoxy groups -OCH3 is 1. The van der Waals surface area contributed by atoms with Crippen LogP contribution in [0.1, 0.15) is 37.0 Å². The van der Waals surface area contributed by atoms with Gasteiger partial charge in [-0.25, -0.2) is 8.42 Å². The molecule has 1 rings (SSSR count). The van der Waals surface area contributed by atoms with Crippen molar-refractivity contribution in [3.63, 3.8) is 0 Å². The van der Waals surface area contributed by atoms with Crippen molar-refractivity contribution >= 4 is 15.9 Å². The van der Waals surface area contributed by atoms with Crippen LogP contribution in [0.2, 0.25) is 0 Å². The fraction of sp³-hybridized carbons (Fsp3) is 0.562. The molecule has 130 valence electrons. The van der Waals surface area contributed by atoms with Gasteiger partial charge in [-0.3, -0.25) is 4.79 Å². The van der Waals surface area contributed by atoms with E-state index in [1.807, 2.05) is 13.8 Å². The number of hydrogen-bond acceptors (Lipinski definition) is 4. The lowest BCUT2D eigenvalue weighted by atomic mass is 10.2. The maximum Gasteiger partial charge on any atom is 0.251 e. The minimum absolute atomic E-state index is 0.152. The van der Waals surface area contributed by atoms with Gasteiger partial charge in [0.2, 0.25) is 10.0 Å². The smallest absolute Gasteiger partial charge is 0.251 e. The summed E-state index contributed by atoms with van der Waals surface area (Å²) in [5, 5.41) is 2.69. The molecule has 0 saturated heterocycles. The topological polar surface area (TPSA) is 75.7 Å². The Morgan fingerprint density at radius 1 is 1.22 bits per heavy atom. The highest BCUT2D eigenvalue weighted by Crippen LogP contribution is 2.18. The van der Waals surface area contributed by atoms with E-state index >= 15 is 0 Å². The minimum Gasteiger partial charge on any atom is -0.383 e. The lowest BCUT2D eigenvalue weighted by Gasteiger charge is -2.21. The monoisotopic (exact) mass is 342 g/mol. The first-order valence-corrected chi connectivity index (χ1v) is 9.28. The van der Waals surface area contributed by atoms with Crippen LogP contribution in [0.3, 0.4) is 0 Å². The molecule has 23 heavy (non-hydrogen) atoms. The van der Waals surface area contributed by atoms with E-state index in [2.05, 4.69) is 5.32 Å². The Morgan fingerprint density at radius 3 is 2.43 bits per heavy atom. The van der Waals surface area contributed by atoms with Crippen LogP contribution in [-0.4, -0.2) is 52.0 Å². The summed E-state index contributed by atoms with van der Waals surface area (Å²) in [7, 11) is -2.03. The minimum atomic E-state index is -3.58. The Labute approximate surface area is 138 Å². The number of nitrogens with one attached hydrogen (secondary N) is 1. The van der Waals surface area contributed by atoms with Crippen molar-refractivity contribution in [2.75, 3.05) is 33.4 Å². The molecule has 0 unspecified atom stereocenters. The molecule has 1 aromatic carbocycles. The van der Waals surface area contributed by atoms with Gasteiger partial charge in [0.15, 0.2) is 0 Å². The van der Waals surface area contributed by atoms with Crippen molar-refractivity contribution in [1.29, 1.82) is 0 Å². The Balaban J connectivity index is 2.99. The van der Waals surface area contributed by atoms with Crippen LogP contribution in [0, 0.1) is 0 Å². The first-order valence-electron chi connectivity index (χ1n) is 7.84. The molecule has 0 atom stereocenters. The Morgan fingerprint density at radius 2 is 1.87 bits per heavy atom. The molecular weight excluding hydrogens is 316 g/mol. The molecule has 0 bridgehead atoms. The standard InChI is InChI=1S/C16H26N2O4S/c1-4-10-18(11-5-2)23(20,21)15-8-6-7-14(13-15)16(19)17-9-12-22-3/h6-8,13H,4-5,9-12H2,1-3H3,(H,17,19). The van der Waals surface area contributed by atoms with Crippen LogP contribution < -0.4 is 5.32 Å². The fourth-order valence-corrected chi connectivity index (χ4v) is 3.84. The SMILES string of the molecule is CCCN(CCC)S(=O)(=O)c1cccc(C(=O)NCCOC)c1. The second-order valence-electron chi connectivity index (χ2n) is 5.18. The third-order valence-electron chi connectivity index (χ3n) is 3.27. The van der Waals surface area contributed by atoms with Gasteiger partial charge in [0.1, 0.15) is 0 Å². The zero-order valence-corrected chi connectivity index (χ0v) is 14.9. The molecule has 6 nitrogen and oxygen atoms in total. The van der Waals surface area contributed by atoms with Crippen molar-refractivity contribution in [2.24, 2.45) is 0 Å². The van der Waals surface area contributed by atoms with Crippen molar-refractivity contribution in [3.05, 3.63) is 29.8 Å². The molecule has 7 heteroatoms. The number of benzene rings is 1. The van der Waals surface area contributed by atoms with E-state index in [0.29, 0.717) is 31.8 Å². The van der Waals surface area contributed by atoms with Gasteiger partial charge in [-0.2, -0.15) is 4.31 Å². The normalized spacial score (nSPS) is 11.7. The van der Waals surface area contributed by atoms with Gasteiger partial charge in [0, 0.05) is 32.3 Å². The van der Waals surface area contributed by atoms with Crippen LogP contribution >= 0.6 is 0 Å². The number of amides is 1. The highest BCUT2D eigenvalue weighted by molar-refractivity contribution is 7.89. The molecule has 0 aliphatic heterocycles. The van der Waals surface area contributed by atoms with E-state index in [1.54, 1.807) is 19.2 Å². The molecule has 0 fully saturated rings. The molecule has 0 aliphatic carbocycles. The van der Waals surface area contributed by atoms with Gasteiger partial charge >= 0.3 is 0 Å². The van der Waals surface area contributed by atoms with Gasteiger partial charge in [-0.1, -0.05) is 19.9 Å². The van der Waals surface area contributed by atoms with E-state index < -0.39 is 10.0 Å². The summed E-state index contributed by atoms with van der Waals surface area (Å²) in [4.78, 5) is 12.2. The highest BCUT2D eigenvalue weighted by atomic mass is 32.2. The number of sulfonamides is 1. The average Bonchev–Trinajstić information content (AvgIpc) is 2.55. The fourth-order valence-electron chi connectivity index (χ4n) is 2.17. The molecule has 1 amide bonds. The molecular formula is C16H26N2O4S. The van der Waals surface area contributed by atoms with Gasteiger partial charge < -0.3 is 10.1 Å². The number of ether oxygens (including phenoxy) is 1. The van der Waals surface area contributed by atoms with Crippen molar-refractivity contribution in [3.8, 4) is 0 Å². The van der Waals surface area contributed by atoms with Crippen LogP contribution in [0.25, 0.3) is 0 Å². The second kappa shape index (κ2) is 9.64. The summed E-state index contributed by atoms with van der Waals surface area (Å²) in [6.07, 6.45) is 1.49. The van der Waals surface area contributed by atoms with Gasteiger partial charge in [0.25, 0.3) is 5.91 Å². The summed E-state index contributed by atoms with van der Waals surface area (Å²) < 4.78 is 31.8. The third kappa shape index (κ3) is 5.60. The van der Waals surface area contributed by atoms with E-state index in [9.17, 15) is 13.2 Å². The Kier molecular flexibility index (Phi) is 8.22.